The van der Waals surface area contributed by atoms with Crippen LogP contribution >= 0.6 is 11.8 Å². The normalized spacial score (nSPS) is 11.0. The summed E-state index contributed by atoms with van der Waals surface area (Å²) in [6, 6.07) is 11.8. The van der Waals surface area contributed by atoms with E-state index >= 15 is 0 Å². The Bertz CT molecular complexity index is 906. The summed E-state index contributed by atoms with van der Waals surface area (Å²) in [7, 11) is 0. The van der Waals surface area contributed by atoms with Crippen LogP contribution in [0.15, 0.2) is 53.9 Å². The minimum atomic E-state index is -0.0590. The highest BCUT2D eigenvalue weighted by Gasteiger charge is 2.15. The number of pyridine rings is 1. The molecule has 0 unspecified atom stereocenters. The summed E-state index contributed by atoms with van der Waals surface area (Å²) in [5.74, 6) is 1.47. The maximum Gasteiger partial charge on any atom is 0.234 e. The van der Waals surface area contributed by atoms with Gasteiger partial charge in [0.05, 0.1) is 5.75 Å². The number of hydrogen-bond donors (Lipinski definition) is 1. The van der Waals surface area contributed by atoms with E-state index in [1.165, 1.54) is 17.3 Å². The smallest absolute Gasteiger partial charge is 0.234 e. The van der Waals surface area contributed by atoms with Crippen LogP contribution in [0.1, 0.15) is 38.7 Å². The van der Waals surface area contributed by atoms with E-state index in [2.05, 4.69) is 41.3 Å². The third-order valence-electron chi connectivity index (χ3n) is 4.28. The van der Waals surface area contributed by atoms with Crippen LogP contribution in [0.5, 0.6) is 0 Å². The Labute approximate surface area is 169 Å². The van der Waals surface area contributed by atoms with Crippen LogP contribution in [-0.2, 0) is 11.3 Å². The number of anilines is 1. The molecule has 1 N–H and O–H groups in total. The number of benzene rings is 1. The summed E-state index contributed by atoms with van der Waals surface area (Å²) in [5, 5.41) is 12.3. The maximum atomic E-state index is 12.4. The van der Waals surface area contributed by atoms with Crippen molar-refractivity contribution < 1.29 is 4.79 Å². The van der Waals surface area contributed by atoms with Crippen LogP contribution in [0.25, 0.3) is 11.4 Å². The van der Waals surface area contributed by atoms with Crippen LogP contribution in [0.3, 0.4) is 0 Å². The molecule has 3 rings (SSSR count). The molecule has 0 aliphatic heterocycles. The number of carbonyl (C=O) groups excluding carboxylic acids is 1. The van der Waals surface area contributed by atoms with Crippen molar-refractivity contribution in [3.05, 3.63) is 54.4 Å². The summed E-state index contributed by atoms with van der Waals surface area (Å²) < 4.78 is 2.05. The summed E-state index contributed by atoms with van der Waals surface area (Å²) >= 11 is 1.39. The molecule has 2 aromatic heterocycles. The van der Waals surface area contributed by atoms with Crippen molar-refractivity contribution in [2.45, 2.75) is 44.8 Å². The van der Waals surface area contributed by atoms with E-state index < -0.39 is 0 Å². The van der Waals surface area contributed by atoms with Crippen molar-refractivity contribution in [1.29, 1.82) is 0 Å². The van der Waals surface area contributed by atoms with Gasteiger partial charge in [-0.1, -0.05) is 44.7 Å². The highest BCUT2D eigenvalue weighted by Crippen LogP contribution is 2.24. The second-order valence-electron chi connectivity index (χ2n) is 6.81. The van der Waals surface area contributed by atoms with Crippen LogP contribution < -0.4 is 5.32 Å². The maximum absolute atomic E-state index is 12.4. The molecule has 0 saturated carbocycles. The standard InChI is InChI=1S/C21H25N5OS/c1-4-12-26-20(17-6-5-11-22-13-17)24-25-21(26)28-14-19(27)23-18-9-7-16(8-10-18)15(2)3/h5-11,13,15H,4,12,14H2,1-3H3,(H,23,27). The number of hydrogen-bond acceptors (Lipinski definition) is 5. The molecule has 1 aromatic carbocycles. The number of rotatable bonds is 8. The zero-order valence-electron chi connectivity index (χ0n) is 16.4. The second-order valence-corrected chi connectivity index (χ2v) is 7.76. The third kappa shape index (κ3) is 4.98. The van der Waals surface area contributed by atoms with Gasteiger partial charge in [0.1, 0.15) is 0 Å². The molecule has 28 heavy (non-hydrogen) atoms. The Morgan fingerprint density at radius 1 is 1.18 bits per heavy atom. The van der Waals surface area contributed by atoms with Gasteiger partial charge in [-0.25, -0.2) is 0 Å². The van der Waals surface area contributed by atoms with Crippen molar-refractivity contribution >= 4 is 23.4 Å². The molecule has 1 amide bonds. The van der Waals surface area contributed by atoms with Gasteiger partial charge in [-0.3, -0.25) is 9.78 Å². The van der Waals surface area contributed by atoms with Gasteiger partial charge in [-0.05, 0) is 42.2 Å². The average Bonchev–Trinajstić information content (AvgIpc) is 3.10. The van der Waals surface area contributed by atoms with Crippen LogP contribution in [0.4, 0.5) is 5.69 Å². The van der Waals surface area contributed by atoms with Crippen LogP contribution in [0, 0.1) is 0 Å². The first-order valence-corrected chi connectivity index (χ1v) is 10.4. The van der Waals surface area contributed by atoms with E-state index in [0.717, 1.165) is 35.2 Å². The Balaban J connectivity index is 1.65. The van der Waals surface area contributed by atoms with E-state index in [4.69, 9.17) is 0 Å². The molecule has 3 aromatic rings. The minimum Gasteiger partial charge on any atom is -0.325 e. The number of nitrogens with zero attached hydrogens (tertiary/aromatic N) is 4. The van der Waals surface area contributed by atoms with E-state index in [-0.39, 0.29) is 11.7 Å². The SMILES string of the molecule is CCCn1c(SCC(=O)Nc2ccc(C(C)C)cc2)nnc1-c1cccnc1. The summed E-state index contributed by atoms with van der Waals surface area (Å²) in [5.41, 5.74) is 2.98. The third-order valence-corrected chi connectivity index (χ3v) is 5.24. The van der Waals surface area contributed by atoms with Crippen molar-refractivity contribution in [2.75, 3.05) is 11.1 Å². The molecule has 6 nitrogen and oxygen atoms in total. The molecule has 0 fully saturated rings. The second kappa shape index (κ2) is 9.50. The van der Waals surface area contributed by atoms with Crippen LogP contribution in [0.2, 0.25) is 0 Å². The van der Waals surface area contributed by atoms with Gasteiger partial charge in [0, 0.05) is 30.2 Å². The lowest BCUT2D eigenvalue weighted by Crippen LogP contribution is -2.14. The first-order chi connectivity index (χ1) is 13.6. The predicted octanol–water partition coefficient (Wildman–Crippen LogP) is 4.60. The molecule has 7 heteroatoms. The zero-order chi connectivity index (χ0) is 19.9. The largest absolute Gasteiger partial charge is 0.325 e. The lowest BCUT2D eigenvalue weighted by Gasteiger charge is -2.10. The van der Waals surface area contributed by atoms with E-state index in [0.29, 0.717) is 5.92 Å². The minimum absolute atomic E-state index is 0.0590. The lowest BCUT2D eigenvalue weighted by atomic mass is 10.0. The number of carbonyl (C=O) groups is 1. The topological polar surface area (TPSA) is 72.7 Å². The average molecular weight is 396 g/mol. The van der Waals surface area contributed by atoms with Gasteiger partial charge in [-0.15, -0.1) is 10.2 Å². The van der Waals surface area contributed by atoms with Gasteiger partial charge < -0.3 is 9.88 Å². The molecule has 0 aliphatic carbocycles. The van der Waals surface area contributed by atoms with Gasteiger partial charge in [0.25, 0.3) is 0 Å². The highest BCUT2D eigenvalue weighted by atomic mass is 32.2. The number of aromatic nitrogens is 4. The van der Waals surface area contributed by atoms with E-state index in [9.17, 15) is 4.79 Å². The molecule has 0 bridgehead atoms. The number of thioether (sulfide) groups is 1. The molecule has 2 heterocycles. The monoisotopic (exact) mass is 395 g/mol. The van der Waals surface area contributed by atoms with E-state index in [1.807, 2.05) is 41.0 Å². The fourth-order valence-corrected chi connectivity index (χ4v) is 3.57. The predicted molar refractivity (Wildman–Crippen MR) is 113 cm³/mol. The molecular formula is C21H25N5OS. The van der Waals surface area contributed by atoms with E-state index in [1.54, 1.807) is 12.4 Å². The Hall–Kier alpha value is -2.67. The Kier molecular flexibility index (Phi) is 6.81. The van der Waals surface area contributed by atoms with Gasteiger partial charge in [0.2, 0.25) is 5.91 Å². The quantitative estimate of drug-likeness (QED) is 0.564. The molecule has 0 radical (unpaired) electrons. The molecule has 0 saturated heterocycles. The lowest BCUT2D eigenvalue weighted by molar-refractivity contribution is -0.113. The van der Waals surface area contributed by atoms with Gasteiger partial charge in [0.15, 0.2) is 11.0 Å². The van der Waals surface area contributed by atoms with Gasteiger partial charge in [-0.2, -0.15) is 0 Å². The zero-order valence-corrected chi connectivity index (χ0v) is 17.2. The Morgan fingerprint density at radius 2 is 1.96 bits per heavy atom. The van der Waals surface area contributed by atoms with Crippen molar-refractivity contribution in [3.8, 4) is 11.4 Å². The summed E-state index contributed by atoms with van der Waals surface area (Å²) in [6.45, 7) is 7.19. The first kappa shape index (κ1) is 20.1. The first-order valence-electron chi connectivity index (χ1n) is 9.44. The summed E-state index contributed by atoms with van der Waals surface area (Å²) in [4.78, 5) is 16.5. The van der Waals surface area contributed by atoms with Crippen LogP contribution in [-0.4, -0.2) is 31.4 Å². The number of nitrogens with one attached hydrogen (secondary N) is 1. The molecule has 0 aliphatic rings. The van der Waals surface area contributed by atoms with Crippen molar-refractivity contribution in [2.24, 2.45) is 0 Å². The van der Waals surface area contributed by atoms with Crippen molar-refractivity contribution in [3.63, 3.8) is 0 Å². The van der Waals surface area contributed by atoms with Gasteiger partial charge >= 0.3 is 0 Å². The number of amides is 1. The summed E-state index contributed by atoms with van der Waals surface area (Å²) in [6.07, 6.45) is 4.46. The fraction of sp³-hybridized carbons (Fsp3) is 0.333. The fourth-order valence-electron chi connectivity index (χ4n) is 2.81. The molecule has 0 atom stereocenters. The van der Waals surface area contributed by atoms with Crippen molar-refractivity contribution in [1.82, 2.24) is 19.7 Å². The molecule has 0 spiro atoms. The highest BCUT2D eigenvalue weighted by molar-refractivity contribution is 7.99. The molecule has 146 valence electrons. The Morgan fingerprint density at radius 3 is 2.61 bits per heavy atom. The molecular weight excluding hydrogens is 370 g/mol.